The molecular weight excluding hydrogens is 191 g/mol. The first kappa shape index (κ1) is 12.2. The first-order chi connectivity index (χ1) is 6.98. The van der Waals surface area contributed by atoms with E-state index < -0.39 is 5.60 Å². The van der Waals surface area contributed by atoms with Gasteiger partial charge in [0.15, 0.2) is 0 Å². The standard InChI is InChI=1S/C13H19FO/c1-4-13(15,9-10(2)3)11-6-5-7-12(14)8-11/h5-8,10,15H,4,9H2,1-3H3. The average Bonchev–Trinajstić information content (AvgIpc) is 2.16. The Bertz CT molecular complexity index is 322. The SMILES string of the molecule is CCC(O)(CC(C)C)c1cccc(F)c1. The lowest BCUT2D eigenvalue weighted by Crippen LogP contribution is -2.26. The summed E-state index contributed by atoms with van der Waals surface area (Å²) in [4.78, 5) is 0. The van der Waals surface area contributed by atoms with Crippen LogP contribution in [0.1, 0.15) is 39.2 Å². The number of halogens is 1. The van der Waals surface area contributed by atoms with E-state index >= 15 is 0 Å². The molecule has 1 aromatic carbocycles. The summed E-state index contributed by atoms with van der Waals surface area (Å²) >= 11 is 0. The Morgan fingerprint density at radius 3 is 2.53 bits per heavy atom. The summed E-state index contributed by atoms with van der Waals surface area (Å²) < 4.78 is 13.1. The fourth-order valence-electron chi connectivity index (χ4n) is 1.92. The molecule has 0 amide bonds. The van der Waals surface area contributed by atoms with Gasteiger partial charge in [-0.2, -0.15) is 0 Å². The van der Waals surface area contributed by atoms with Crippen LogP contribution in [-0.4, -0.2) is 5.11 Å². The molecule has 1 rings (SSSR count). The van der Waals surface area contributed by atoms with Crippen LogP contribution in [0.5, 0.6) is 0 Å². The van der Waals surface area contributed by atoms with E-state index in [1.54, 1.807) is 12.1 Å². The Hall–Kier alpha value is -0.890. The van der Waals surface area contributed by atoms with Crippen LogP contribution in [0.15, 0.2) is 24.3 Å². The van der Waals surface area contributed by atoms with E-state index in [0.29, 0.717) is 24.3 Å². The molecule has 0 bridgehead atoms. The number of benzene rings is 1. The van der Waals surface area contributed by atoms with Gasteiger partial charge in [0.25, 0.3) is 0 Å². The molecule has 1 nitrogen and oxygen atoms in total. The smallest absolute Gasteiger partial charge is 0.123 e. The van der Waals surface area contributed by atoms with Gasteiger partial charge in [-0.3, -0.25) is 0 Å². The Morgan fingerprint density at radius 1 is 1.40 bits per heavy atom. The van der Waals surface area contributed by atoms with E-state index in [4.69, 9.17) is 0 Å². The van der Waals surface area contributed by atoms with Crippen LogP contribution in [0.3, 0.4) is 0 Å². The summed E-state index contributed by atoms with van der Waals surface area (Å²) in [6, 6.07) is 6.25. The van der Waals surface area contributed by atoms with Crippen LogP contribution in [0, 0.1) is 11.7 Å². The molecule has 0 fully saturated rings. The van der Waals surface area contributed by atoms with E-state index in [-0.39, 0.29) is 5.82 Å². The number of aliphatic hydroxyl groups is 1. The summed E-state index contributed by atoms with van der Waals surface area (Å²) in [5.41, 5.74) is -0.213. The zero-order valence-corrected chi connectivity index (χ0v) is 9.63. The largest absolute Gasteiger partial charge is 0.385 e. The lowest BCUT2D eigenvalue weighted by molar-refractivity contribution is 0.0111. The monoisotopic (exact) mass is 210 g/mol. The van der Waals surface area contributed by atoms with Gasteiger partial charge in [-0.15, -0.1) is 0 Å². The van der Waals surface area contributed by atoms with Crippen LogP contribution < -0.4 is 0 Å². The maximum absolute atomic E-state index is 13.1. The van der Waals surface area contributed by atoms with Crippen molar-refractivity contribution in [1.82, 2.24) is 0 Å². The predicted octanol–water partition coefficient (Wildman–Crippen LogP) is 3.47. The van der Waals surface area contributed by atoms with Crippen molar-refractivity contribution in [2.75, 3.05) is 0 Å². The lowest BCUT2D eigenvalue weighted by atomic mass is 9.84. The van der Waals surface area contributed by atoms with Crippen LogP contribution in [0.2, 0.25) is 0 Å². The van der Waals surface area contributed by atoms with Gasteiger partial charge in [0, 0.05) is 0 Å². The van der Waals surface area contributed by atoms with E-state index in [1.807, 2.05) is 6.92 Å². The quantitative estimate of drug-likeness (QED) is 0.806. The zero-order valence-electron chi connectivity index (χ0n) is 9.63. The van der Waals surface area contributed by atoms with Crippen LogP contribution in [-0.2, 0) is 5.60 Å². The number of hydrogen-bond donors (Lipinski definition) is 1. The van der Waals surface area contributed by atoms with Gasteiger partial charge in [0.1, 0.15) is 5.82 Å². The lowest BCUT2D eigenvalue weighted by Gasteiger charge is -2.29. The fourth-order valence-corrected chi connectivity index (χ4v) is 1.92. The van der Waals surface area contributed by atoms with E-state index in [1.165, 1.54) is 12.1 Å². The molecule has 0 aliphatic rings. The highest BCUT2D eigenvalue weighted by atomic mass is 19.1. The van der Waals surface area contributed by atoms with Gasteiger partial charge >= 0.3 is 0 Å². The van der Waals surface area contributed by atoms with E-state index in [0.717, 1.165) is 0 Å². The van der Waals surface area contributed by atoms with Gasteiger partial charge in [-0.25, -0.2) is 4.39 Å². The summed E-state index contributed by atoms with van der Waals surface area (Å²) in [6.45, 7) is 6.03. The van der Waals surface area contributed by atoms with Gasteiger partial charge < -0.3 is 5.11 Å². The molecule has 1 atom stereocenters. The first-order valence-electron chi connectivity index (χ1n) is 5.46. The third-order valence-corrected chi connectivity index (χ3v) is 2.69. The Balaban J connectivity index is 3.00. The highest BCUT2D eigenvalue weighted by Crippen LogP contribution is 2.31. The molecular formula is C13H19FO. The van der Waals surface area contributed by atoms with Crippen LogP contribution >= 0.6 is 0 Å². The number of rotatable bonds is 4. The molecule has 1 unspecified atom stereocenters. The van der Waals surface area contributed by atoms with Crippen molar-refractivity contribution in [1.29, 1.82) is 0 Å². The second kappa shape index (κ2) is 4.75. The second-order valence-corrected chi connectivity index (χ2v) is 4.49. The zero-order chi connectivity index (χ0) is 11.5. The summed E-state index contributed by atoms with van der Waals surface area (Å²) in [6.07, 6.45) is 1.27. The topological polar surface area (TPSA) is 20.2 Å². The van der Waals surface area contributed by atoms with E-state index in [9.17, 15) is 9.50 Å². The van der Waals surface area contributed by atoms with Crippen molar-refractivity contribution in [3.63, 3.8) is 0 Å². The van der Waals surface area contributed by atoms with Crippen LogP contribution in [0.4, 0.5) is 4.39 Å². The van der Waals surface area contributed by atoms with Crippen molar-refractivity contribution < 1.29 is 9.50 Å². The normalized spacial score (nSPS) is 15.3. The first-order valence-corrected chi connectivity index (χ1v) is 5.46. The molecule has 2 heteroatoms. The Labute approximate surface area is 90.9 Å². The Kier molecular flexibility index (Phi) is 3.86. The molecule has 15 heavy (non-hydrogen) atoms. The summed E-state index contributed by atoms with van der Waals surface area (Å²) in [7, 11) is 0. The molecule has 0 aliphatic heterocycles. The van der Waals surface area contributed by atoms with Crippen LogP contribution in [0.25, 0.3) is 0 Å². The van der Waals surface area contributed by atoms with Gasteiger partial charge in [-0.05, 0) is 36.5 Å². The molecule has 0 aromatic heterocycles. The van der Waals surface area contributed by atoms with Gasteiger partial charge in [0.05, 0.1) is 5.60 Å². The molecule has 0 spiro atoms. The second-order valence-electron chi connectivity index (χ2n) is 4.49. The molecule has 1 N–H and O–H groups in total. The van der Waals surface area contributed by atoms with Gasteiger partial charge in [0.2, 0.25) is 0 Å². The van der Waals surface area contributed by atoms with Crippen molar-refractivity contribution in [2.24, 2.45) is 5.92 Å². The molecule has 1 aromatic rings. The predicted molar refractivity (Wildman–Crippen MR) is 60.0 cm³/mol. The van der Waals surface area contributed by atoms with Crippen molar-refractivity contribution in [3.8, 4) is 0 Å². The van der Waals surface area contributed by atoms with Crippen molar-refractivity contribution in [3.05, 3.63) is 35.6 Å². The highest BCUT2D eigenvalue weighted by Gasteiger charge is 2.28. The number of hydrogen-bond acceptors (Lipinski definition) is 1. The average molecular weight is 210 g/mol. The molecule has 84 valence electrons. The van der Waals surface area contributed by atoms with Crippen molar-refractivity contribution in [2.45, 2.75) is 39.2 Å². The minimum atomic E-state index is -0.893. The Morgan fingerprint density at radius 2 is 2.07 bits per heavy atom. The van der Waals surface area contributed by atoms with Crippen molar-refractivity contribution >= 4 is 0 Å². The maximum atomic E-state index is 13.1. The molecule has 0 radical (unpaired) electrons. The summed E-state index contributed by atoms with van der Waals surface area (Å²) in [5.74, 6) is 0.0985. The third kappa shape index (κ3) is 3.03. The molecule has 0 heterocycles. The third-order valence-electron chi connectivity index (χ3n) is 2.69. The maximum Gasteiger partial charge on any atom is 0.123 e. The van der Waals surface area contributed by atoms with E-state index in [2.05, 4.69) is 13.8 Å². The molecule has 0 saturated heterocycles. The minimum Gasteiger partial charge on any atom is -0.385 e. The minimum absolute atomic E-state index is 0.289. The molecule has 0 saturated carbocycles. The summed E-state index contributed by atoms with van der Waals surface area (Å²) in [5, 5.41) is 10.4. The molecule has 0 aliphatic carbocycles. The highest BCUT2D eigenvalue weighted by molar-refractivity contribution is 5.23. The van der Waals surface area contributed by atoms with Gasteiger partial charge in [-0.1, -0.05) is 32.9 Å². The fraction of sp³-hybridized carbons (Fsp3) is 0.538.